The zero-order valence-electron chi connectivity index (χ0n) is 11.5. The van der Waals surface area contributed by atoms with Crippen LogP contribution in [0.15, 0.2) is 12.5 Å². The molecule has 1 N–H and O–H groups in total. The second kappa shape index (κ2) is 5.33. The first-order chi connectivity index (χ1) is 9.27. The first-order valence-corrected chi connectivity index (χ1v) is 7.31. The third-order valence-corrected chi connectivity index (χ3v) is 4.31. The smallest absolute Gasteiger partial charge is 0.245 e. The highest BCUT2D eigenvalue weighted by atomic mass is 16.2. The van der Waals surface area contributed by atoms with E-state index in [1.54, 1.807) is 6.33 Å². The van der Waals surface area contributed by atoms with Gasteiger partial charge in [-0.05, 0) is 39.2 Å². The van der Waals surface area contributed by atoms with Gasteiger partial charge in [0, 0.05) is 25.3 Å². The number of nitrogens with one attached hydrogen (secondary N) is 1. The molecule has 2 aliphatic rings. The van der Waals surface area contributed by atoms with E-state index in [0.717, 1.165) is 44.6 Å². The van der Waals surface area contributed by atoms with E-state index in [1.165, 1.54) is 6.42 Å². The molecule has 1 aromatic rings. The van der Waals surface area contributed by atoms with Gasteiger partial charge in [-0.3, -0.25) is 4.79 Å². The van der Waals surface area contributed by atoms with E-state index in [2.05, 4.69) is 10.3 Å². The minimum absolute atomic E-state index is 0.141. The molecule has 2 saturated heterocycles. The van der Waals surface area contributed by atoms with Crippen LogP contribution < -0.4 is 5.32 Å². The summed E-state index contributed by atoms with van der Waals surface area (Å²) in [4.78, 5) is 18.7. The molecular weight excluding hydrogens is 240 g/mol. The lowest BCUT2D eigenvalue weighted by molar-refractivity contribution is -0.133. The molecule has 3 heterocycles. The SMILES string of the molecule is CC(C(=O)N1CCCC1)n1cncc1C1CCCN1. The molecule has 2 atom stereocenters. The summed E-state index contributed by atoms with van der Waals surface area (Å²) in [6.07, 6.45) is 8.31. The molecule has 5 nitrogen and oxygen atoms in total. The first kappa shape index (κ1) is 12.7. The highest BCUT2D eigenvalue weighted by Gasteiger charge is 2.28. The number of imidazole rings is 1. The molecule has 0 spiro atoms. The molecule has 19 heavy (non-hydrogen) atoms. The van der Waals surface area contributed by atoms with Crippen LogP contribution in [0.4, 0.5) is 0 Å². The molecule has 5 heteroatoms. The fourth-order valence-electron chi connectivity index (χ4n) is 3.17. The van der Waals surface area contributed by atoms with Crippen LogP contribution in [0.2, 0.25) is 0 Å². The second-order valence-electron chi connectivity index (χ2n) is 5.58. The van der Waals surface area contributed by atoms with Crippen molar-refractivity contribution in [3.05, 3.63) is 18.2 Å². The summed E-state index contributed by atoms with van der Waals surface area (Å²) in [6, 6.07) is 0.217. The topological polar surface area (TPSA) is 50.2 Å². The van der Waals surface area contributed by atoms with Gasteiger partial charge in [-0.25, -0.2) is 4.98 Å². The van der Waals surface area contributed by atoms with Gasteiger partial charge in [0.05, 0.1) is 12.0 Å². The van der Waals surface area contributed by atoms with Gasteiger partial charge in [0.25, 0.3) is 0 Å². The van der Waals surface area contributed by atoms with Crippen molar-refractivity contribution < 1.29 is 4.79 Å². The van der Waals surface area contributed by atoms with Crippen LogP contribution in [-0.2, 0) is 4.79 Å². The van der Waals surface area contributed by atoms with Gasteiger partial charge in [0.15, 0.2) is 0 Å². The summed E-state index contributed by atoms with van der Waals surface area (Å²) in [6.45, 7) is 4.87. The van der Waals surface area contributed by atoms with Gasteiger partial charge in [0.1, 0.15) is 6.04 Å². The summed E-state index contributed by atoms with van der Waals surface area (Å²) in [5.41, 5.74) is 1.15. The third-order valence-electron chi connectivity index (χ3n) is 4.31. The standard InChI is InChI=1S/C14H22N4O/c1-11(14(19)17-7-2-3-8-17)18-10-15-9-13(18)12-5-4-6-16-12/h9-12,16H,2-8H2,1H3. The molecule has 1 amide bonds. The third kappa shape index (κ3) is 2.39. The van der Waals surface area contributed by atoms with E-state index in [9.17, 15) is 4.79 Å². The fraction of sp³-hybridized carbons (Fsp3) is 0.714. The normalized spacial score (nSPS) is 24.9. The maximum absolute atomic E-state index is 12.5. The van der Waals surface area contributed by atoms with Crippen LogP contribution in [0, 0.1) is 0 Å². The predicted octanol–water partition coefficient (Wildman–Crippen LogP) is 1.49. The lowest BCUT2D eigenvalue weighted by Gasteiger charge is -2.24. The van der Waals surface area contributed by atoms with Gasteiger partial charge in [-0.1, -0.05) is 0 Å². The number of rotatable bonds is 3. The van der Waals surface area contributed by atoms with Crippen LogP contribution >= 0.6 is 0 Å². The Kier molecular flexibility index (Phi) is 3.55. The fourth-order valence-corrected chi connectivity index (χ4v) is 3.17. The number of amides is 1. The van der Waals surface area contributed by atoms with E-state index in [-0.39, 0.29) is 11.9 Å². The van der Waals surface area contributed by atoms with Crippen LogP contribution in [0.1, 0.15) is 50.4 Å². The number of hydrogen-bond acceptors (Lipinski definition) is 3. The Balaban J connectivity index is 1.77. The highest BCUT2D eigenvalue weighted by molar-refractivity contribution is 5.80. The zero-order valence-corrected chi connectivity index (χ0v) is 11.5. The Morgan fingerprint density at radius 2 is 2.21 bits per heavy atom. The second-order valence-corrected chi connectivity index (χ2v) is 5.58. The summed E-state index contributed by atoms with van der Waals surface area (Å²) < 4.78 is 2.05. The first-order valence-electron chi connectivity index (χ1n) is 7.31. The van der Waals surface area contributed by atoms with Gasteiger partial charge >= 0.3 is 0 Å². The molecule has 0 saturated carbocycles. The summed E-state index contributed by atoms with van der Waals surface area (Å²) in [7, 11) is 0. The summed E-state index contributed by atoms with van der Waals surface area (Å²) in [5, 5.41) is 3.48. The number of likely N-dealkylation sites (tertiary alicyclic amines) is 1. The Morgan fingerprint density at radius 1 is 1.42 bits per heavy atom. The monoisotopic (exact) mass is 262 g/mol. The summed E-state index contributed by atoms with van der Waals surface area (Å²) in [5.74, 6) is 0.231. The lowest BCUT2D eigenvalue weighted by atomic mass is 10.1. The van der Waals surface area contributed by atoms with Gasteiger partial charge < -0.3 is 14.8 Å². The number of hydrogen-bond donors (Lipinski definition) is 1. The average Bonchev–Trinajstić information content (AvgIpc) is 3.15. The average molecular weight is 262 g/mol. The highest BCUT2D eigenvalue weighted by Crippen LogP contribution is 2.26. The Morgan fingerprint density at radius 3 is 2.89 bits per heavy atom. The number of aromatic nitrogens is 2. The molecule has 104 valence electrons. The van der Waals surface area contributed by atoms with Crippen molar-refractivity contribution in [2.45, 2.75) is 44.7 Å². The number of nitrogens with zero attached hydrogens (tertiary/aromatic N) is 3. The van der Waals surface area contributed by atoms with E-state index < -0.39 is 0 Å². The van der Waals surface area contributed by atoms with Crippen LogP contribution in [0.3, 0.4) is 0 Å². The zero-order chi connectivity index (χ0) is 13.2. The molecule has 0 aromatic carbocycles. The van der Waals surface area contributed by atoms with E-state index in [1.807, 2.05) is 22.6 Å². The maximum Gasteiger partial charge on any atom is 0.245 e. The number of carbonyl (C=O) groups excluding carboxylic acids is 1. The maximum atomic E-state index is 12.5. The Labute approximate surface area is 114 Å². The molecule has 0 radical (unpaired) electrons. The van der Waals surface area contributed by atoms with Crippen molar-refractivity contribution in [1.29, 1.82) is 0 Å². The van der Waals surface area contributed by atoms with Gasteiger partial charge in [-0.15, -0.1) is 0 Å². The minimum atomic E-state index is -0.141. The van der Waals surface area contributed by atoms with Crippen LogP contribution in [0.5, 0.6) is 0 Å². The molecule has 0 aliphatic carbocycles. The van der Waals surface area contributed by atoms with E-state index >= 15 is 0 Å². The van der Waals surface area contributed by atoms with Crippen molar-refractivity contribution in [3.8, 4) is 0 Å². The Bertz CT molecular complexity index is 444. The van der Waals surface area contributed by atoms with Crippen molar-refractivity contribution in [3.63, 3.8) is 0 Å². The quantitative estimate of drug-likeness (QED) is 0.898. The van der Waals surface area contributed by atoms with Crippen LogP contribution in [0.25, 0.3) is 0 Å². The minimum Gasteiger partial charge on any atom is -0.341 e. The van der Waals surface area contributed by atoms with E-state index in [4.69, 9.17) is 0 Å². The lowest BCUT2D eigenvalue weighted by Crippen LogP contribution is -2.34. The predicted molar refractivity (Wildman–Crippen MR) is 72.7 cm³/mol. The molecule has 3 rings (SSSR count). The molecule has 1 aromatic heterocycles. The summed E-state index contributed by atoms with van der Waals surface area (Å²) >= 11 is 0. The molecule has 2 aliphatic heterocycles. The molecule has 2 unspecified atom stereocenters. The molecular formula is C14H22N4O. The largest absolute Gasteiger partial charge is 0.341 e. The van der Waals surface area contributed by atoms with Crippen molar-refractivity contribution >= 4 is 5.91 Å². The van der Waals surface area contributed by atoms with E-state index in [0.29, 0.717) is 6.04 Å². The molecule has 2 fully saturated rings. The van der Waals surface area contributed by atoms with Gasteiger partial charge in [-0.2, -0.15) is 0 Å². The number of carbonyl (C=O) groups is 1. The van der Waals surface area contributed by atoms with Gasteiger partial charge in [0.2, 0.25) is 5.91 Å². The molecule has 0 bridgehead atoms. The van der Waals surface area contributed by atoms with Crippen molar-refractivity contribution in [2.24, 2.45) is 0 Å². The van der Waals surface area contributed by atoms with Crippen LogP contribution in [-0.4, -0.2) is 40.0 Å². The van der Waals surface area contributed by atoms with Crippen molar-refractivity contribution in [1.82, 2.24) is 19.8 Å². The van der Waals surface area contributed by atoms with Crippen molar-refractivity contribution in [2.75, 3.05) is 19.6 Å². The Hall–Kier alpha value is -1.36.